The Kier molecular flexibility index (Phi) is 3.30. The highest BCUT2D eigenvalue weighted by Gasteiger charge is 2.23. The zero-order chi connectivity index (χ0) is 14.1. The highest BCUT2D eigenvalue weighted by molar-refractivity contribution is 6.03. The summed E-state index contributed by atoms with van der Waals surface area (Å²) in [5.74, 6) is 0.659. The molecule has 0 bridgehead atoms. The normalized spacial score (nSPS) is 22.9. The third kappa shape index (κ3) is 2.21. The Hall–Kier alpha value is -2.11. The Balaban J connectivity index is 2.01. The molecule has 1 saturated carbocycles. The molecule has 1 aliphatic carbocycles. The average Bonchev–Trinajstić information content (AvgIpc) is 2.90. The van der Waals surface area contributed by atoms with E-state index in [2.05, 4.69) is 22.3 Å². The number of aromatic nitrogens is 3. The fourth-order valence-corrected chi connectivity index (χ4v) is 2.95. The van der Waals surface area contributed by atoms with Crippen molar-refractivity contribution in [3.8, 4) is 0 Å². The molecular weight excluding hydrogens is 252 g/mol. The number of rotatable bonds is 3. The maximum Gasteiger partial charge on any atom is 0.126 e. The van der Waals surface area contributed by atoms with Crippen LogP contribution in [0.2, 0.25) is 0 Å². The van der Waals surface area contributed by atoms with E-state index in [0.717, 1.165) is 17.6 Å². The summed E-state index contributed by atoms with van der Waals surface area (Å²) in [5.41, 5.74) is 8.09. The largest absolute Gasteiger partial charge is 0.384 e. The third-order valence-electron chi connectivity index (χ3n) is 4.19. The summed E-state index contributed by atoms with van der Waals surface area (Å²) in [7, 11) is 0. The molecule has 2 aromatic rings. The van der Waals surface area contributed by atoms with Crippen molar-refractivity contribution in [3.05, 3.63) is 24.3 Å². The predicted octanol–water partition coefficient (Wildman–Crippen LogP) is 2.00. The summed E-state index contributed by atoms with van der Waals surface area (Å²) in [4.78, 5) is 4.12. The van der Waals surface area contributed by atoms with Gasteiger partial charge in [-0.25, -0.2) is 9.50 Å². The number of hydrogen-bond acceptors (Lipinski definition) is 4. The van der Waals surface area contributed by atoms with Gasteiger partial charge in [0.25, 0.3) is 0 Å². The fraction of sp³-hybridized carbons (Fsp3) is 0.500. The number of nitrogen functional groups attached to an aromatic ring is 1. The van der Waals surface area contributed by atoms with Crippen LogP contribution in [-0.4, -0.2) is 26.5 Å². The molecule has 3 rings (SSSR count). The number of nitrogens with two attached hydrogens (primary N) is 1. The molecule has 4 N–H and O–H groups in total. The molecule has 0 amide bonds. The van der Waals surface area contributed by atoms with Gasteiger partial charge in [0.05, 0.1) is 23.6 Å². The van der Waals surface area contributed by atoms with Crippen molar-refractivity contribution in [2.24, 2.45) is 11.7 Å². The summed E-state index contributed by atoms with van der Waals surface area (Å²) in [5, 5.41) is 15.6. The van der Waals surface area contributed by atoms with Crippen LogP contribution in [0, 0.1) is 11.3 Å². The zero-order valence-electron chi connectivity index (χ0n) is 11.6. The molecule has 106 valence electrons. The summed E-state index contributed by atoms with van der Waals surface area (Å²) < 4.78 is 1.71. The van der Waals surface area contributed by atoms with Gasteiger partial charge in [0.15, 0.2) is 0 Å². The Labute approximate surface area is 117 Å². The van der Waals surface area contributed by atoms with Crippen LogP contribution in [0.5, 0.6) is 0 Å². The maximum absolute atomic E-state index is 7.74. The standard InChI is InChI=1S/C14H20N6/c1-9-4-2-3-5-11(9)19-13-10(14(15)16)6-18-20-8-17-7-12(13)20/h6-9,11,19H,2-5H2,1H3,(H3,15,16). The van der Waals surface area contributed by atoms with Gasteiger partial charge in [-0.15, -0.1) is 0 Å². The topological polar surface area (TPSA) is 92.1 Å². The lowest BCUT2D eigenvalue weighted by Gasteiger charge is -2.31. The van der Waals surface area contributed by atoms with Gasteiger partial charge in [0.2, 0.25) is 0 Å². The van der Waals surface area contributed by atoms with Crippen LogP contribution in [0.25, 0.3) is 5.52 Å². The maximum atomic E-state index is 7.74. The smallest absolute Gasteiger partial charge is 0.126 e. The molecular formula is C14H20N6. The molecule has 0 saturated heterocycles. The molecule has 2 atom stereocenters. The zero-order valence-corrected chi connectivity index (χ0v) is 11.6. The lowest BCUT2D eigenvalue weighted by Crippen LogP contribution is -2.31. The fourth-order valence-electron chi connectivity index (χ4n) is 2.95. The first kappa shape index (κ1) is 12.9. The van der Waals surface area contributed by atoms with Gasteiger partial charge in [-0.1, -0.05) is 19.8 Å². The Morgan fingerprint density at radius 1 is 1.40 bits per heavy atom. The van der Waals surface area contributed by atoms with Crippen molar-refractivity contribution < 1.29 is 0 Å². The molecule has 20 heavy (non-hydrogen) atoms. The quantitative estimate of drug-likeness (QED) is 0.588. The van der Waals surface area contributed by atoms with E-state index >= 15 is 0 Å². The van der Waals surface area contributed by atoms with Crippen LogP contribution in [0.15, 0.2) is 18.7 Å². The molecule has 0 spiro atoms. The van der Waals surface area contributed by atoms with Crippen molar-refractivity contribution in [1.29, 1.82) is 5.41 Å². The highest BCUT2D eigenvalue weighted by atomic mass is 15.2. The Bertz CT molecular complexity index is 632. The Morgan fingerprint density at radius 3 is 2.95 bits per heavy atom. The van der Waals surface area contributed by atoms with Crippen molar-refractivity contribution >= 4 is 17.0 Å². The molecule has 0 radical (unpaired) electrons. The third-order valence-corrected chi connectivity index (χ3v) is 4.19. The number of amidine groups is 1. The van der Waals surface area contributed by atoms with Crippen LogP contribution < -0.4 is 11.1 Å². The van der Waals surface area contributed by atoms with Gasteiger partial charge in [-0.3, -0.25) is 5.41 Å². The number of nitrogens with zero attached hydrogens (tertiary/aromatic N) is 3. The number of anilines is 1. The van der Waals surface area contributed by atoms with E-state index < -0.39 is 0 Å². The van der Waals surface area contributed by atoms with E-state index in [9.17, 15) is 0 Å². The molecule has 2 heterocycles. The minimum absolute atomic E-state index is 0.0344. The van der Waals surface area contributed by atoms with Crippen LogP contribution in [0.1, 0.15) is 38.2 Å². The van der Waals surface area contributed by atoms with Gasteiger partial charge in [0.1, 0.15) is 17.7 Å². The van der Waals surface area contributed by atoms with Crippen molar-refractivity contribution in [2.75, 3.05) is 5.32 Å². The highest BCUT2D eigenvalue weighted by Crippen LogP contribution is 2.29. The van der Waals surface area contributed by atoms with Crippen molar-refractivity contribution in [1.82, 2.24) is 14.6 Å². The number of nitrogens with one attached hydrogen (secondary N) is 2. The molecule has 6 nitrogen and oxygen atoms in total. The second kappa shape index (κ2) is 5.11. The first-order valence-electron chi connectivity index (χ1n) is 7.09. The van der Waals surface area contributed by atoms with E-state index in [0.29, 0.717) is 17.5 Å². The second-order valence-electron chi connectivity index (χ2n) is 5.58. The van der Waals surface area contributed by atoms with E-state index in [1.807, 2.05) is 0 Å². The van der Waals surface area contributed by atoms with E-state index in [1.165, 1.54) is 19.3 Å². The lowest BCUT2D eigenvalue weighted by atomic mass is 9.85. The molecule has 6 heteroatoms. The molecule has 2 aromatic heterocycles. The van der Waals surface area contributed by atoms with Crippen molar-refractivity contribution in [2.45, 2.75) is 38.6 Å². The molecule has 2 unspecified atom stereocenters. The molecule has 0 aliphatic heterocycles. The Morgan fingerprint density at radius 2 is 2.20 bits per heavy atom. The van der Waals surface area contributed by atoms with E-state index in [4.69, 9.17) is 11.1 Å². The monoisotopic (exact) mass is 272 g/mol. The summed E-state index contributed by atoms with van der Waals surface area (Å²) in [6.45, 7) is 2.28. The van der Waals surface area contributed by atoms with Crippen LogP contribution >= 0.6 is 0 Å². The molecule has 1 fully saturated rings. The van der Waals surface area contributed by atoms with Gasteiger partial charge in [-0.05, 0) is 18.8 Å². The summed E-state index contributed by atoms with van der Waals surface area (Å²) in [6.07, 6.45) is 10.0. The lowest BCUT2D eigenvalue weighted by molar-refractivity contribution is 0.349. The number of hydrogen-bond donors (Lipinski definition) is 3. The van der Waals surface area contributed by atoms with Gasteiger partial charge in [-0.2, -0.15) is 5.10 Å². The summed E-state index contributed by atoms with van der Waals surface area (Å²) in [6, 6.07) is 0.419. The van der Waals surface area contributed by atoms with Crippen LogP contribution in [0.3, 0.4) is 0 Å². The minimum atomic E-state index is 0.0344. The SMILES string of the molecule is CC1CCCCC1Nc1c(C(=N)N)cnn2cncc12. The van der Waals surface area contributed by atoms with Crippen LogP contribution in [0.4, 0.5) is 5.69 Å². The molecule has 0 aromatic carbocycles. The van der Waals surface area contributed by atoms with Gasteiger partial charge in [0, 0.05) is 6.04 Å². The number of fused-ring (bicyclic) bond motifs is 1. The predicted molar refractivity (Wildman–Crippen MR) is 79.0 cm³/mol. The van der Waals surface area contributed by atoms with Gasteiger partial charge < -0.3 is 11.1 Å². The van der Waals surface area contributed by atoms with E-state index in [-0.39, 0.29) is 5.84 Å². The second-order valence-corrected chi connectivity index (χ2v) is 5.58. The van der Waals surface area contributed by atoms with E-state index in [1.54, 1.807) is 23.2 Å². The summed E-state index contributed by atoms with van der Waals surface area (Å²) >= 11 is 0. The van der Waals surface area contributed by atoms with Crippen LogP contribution in [-0.2, 0) is 0 Å². The number of imidazole rings is 1. The first-order chi connectivity index (χ1) is 9.66. The van der Waals surface area contributed by atoms with Gasteiger partial charge >= 0.3 is 0 Å². The van der Waals surface area contributed by atoms with Crippen molar-refractivity contribution in [3.63, 3.8) is 0 Å². The molecule has 1 aliphatic rings. The first-order valence-corrected chi connectivity index (χ1v) is 7.09. The average molecular weight is 272 g/mol. The minimum Gasteiger partial charge on any atom is -0.384 e.